The minimum absolute atomic E-state index is 0.145. The highest BCUT2D eigenvalue weighted by Crippen LogP contribution is 2.35. The lowest BCUT2D eigenvalue weighted by molar-refractivity contribution is 0.0846. The number of hydrogen-bond donors (Lipinski definition) is 2. The number of hydrogen-bond acceptors (Lipinski definition) is 7. The number of anilines is 2. The number of aryl methyl sites for hydroxylation is 1. The topological polar surface area (TPSA) is 99.8 Å². The summed E-state index contributed by atoms with van der Waals surface area (Å²) in [5.41, 5.74) is 7.27. The Morgan fingerprint density at radius 1 is 1.07 bits per heavy atom. The summed E-state index contributed by atoms with van der Waals surface area (Å²) < 4.78 is 26.5. The van der Waals surface area contributed by atoms with Gasteiger partial charge in [-0.1, -0.05) is 0 Å². The number of halogens is 1. The van der Waals surface area contributed by atoms with Crippen molar-refractivity contribution in [3.63, 3.8) is 0 Å². The van der Waals surface area contributed by atoms with Crippen LogP contribution in [0.5, 0.6) is 0 Å². The molecule has 0 unspecified atom stereocenters. The first-order chi connectivity index (χ1) is 21.4. The fourth-order valence-electron chi connectivity index (χ4n) is 7.02. The summed E-state index contributed by atoms with van der Waals surface area (Å²) >= 11 is 0. The third-order valence-corrected chi connectivity index (χ3v) is 9.41. The van der Waals surface area contributed by atoms with E-state index in [2.05, 4.69) is 27.1 Å². The second-order valence-electron chi connectivity index (χ2n) is 12.0. The molecule has 44 heavy (non-hydrogen) atoms. The molecular formula is C34H42FN5O4. The number of aromatic nitrogens is 2. The quantitative estimate of drug-likeness (QED) is 0.393. The van der Waals surface area contributed by atoms with Crippen molar-refractivity contribution in [1.82, 2.24) is 15.3 Å². The van der Waals surface area contributed by atoms with Gasteiger partial charge in [-0.3, -0.25) is 9.59 Å². The zero-order chi connectivity index (χ0) is 30.8. The fourth-order valence-corrected chi connectivity index (χ4v) is 7.02. The van der Waals surface area contributed by atoms with Crippen LogP contribution in [0.15, 0.2) is 29.2 Å². The molecule has 3 aromatic rings. The van der Waals surface area contributed by atoms with Gasteiger partial charge in [0.05, 0.1) is 13.2 Å². The fraction of sp³-hybridized carbons (Fsp3) is 0.500. The van der Waals surface area contributed by atoms with Gasteiger partial charge in [0.1, 0.15) is 0 Å². The Balaban J connectivity index is 1.36. The molecule has 4 heterocycles. The van der Waals surface area contributed by atoms with E-state index in [1.807, 2.05) is 30.9 Å². The molecule has 2 N–H and O–H groups in total. The van der Waals surface area contributed by atoms with Crippen molar-refractivity contribution in [2.75, 3.05) is 55.9 Å². The standard InChI is InChI=1S/C34H42FN5O4/c1-4-40(25-8-12-43-13-9-25)31-18-23(24-17-30(35)32(36-19-24)39-10-14-44-15-11-39)16-28(21(31)2)33(41)37-20-29-27-7-5-6-26(27)22(3)38-34(29)42/h16-19,25H,4-15,20H2,1-3H3,(H,37,41)(H,38,42). The molecule has 2 aliphatic heterocycles. The SMILES string of the molecule is CCN(c1cc(-c2cnc(N3CCOCC3)c(F)c2)cc(C(=O)NCc2c3c(c(C)[nH]c2=O)CCC3)c1C)C1CCOCC1. The Kier molecular flexibility index (Phi) is 9.00. The first-order valence-corrected chi connectivity index (χ1v) is 15.8. The van der Waals surface area contributed by atoms with Crippen molar-refractivity contribution in [3.8, 4) is 11.1 Å². The lowest BCUT2D eigenvalue weighted by Gasteiger charge is -2.37. The van der Waals surface area contributed by atoms with Gasteiger partial charge in [-0.05, 0) is 93.3 Å². The molecule has 0 radical (unpaired) electrons. The number of carbonyl (C=O) groups is 1. The lowest BCUT2D eigenvalue weighted by atomic mass is 9.95. The summed E-state index contributed by atoms with van der Waals surface area (Å²) in [6.07, 6.45) is 6.27. The van der Waals surface area contributed by atoms with Gasteiger partial charge in [0.15, 0.2) is 11.6 Å². The van der Waals surface area contributed by atoms with E-state index < -0.39 is 5.82 Å². The number of carbonyl (C=O) groups excluding carboxylic acids is 1. The molecule has 0 bridgehead atoms. The number of pyridine rings is 2. The van der Waals surface area contributed by atoms with Crippen LogP contribution in [0, 0.1) is 19.7 Å². The Bertz CT molecular complexity index is 1590. The number of aromatic amines is 1. The van der Waals surface area contributed by atoms with Gasteiger partial charge in [-0.2, -0.15) is 0 Å². The van der Waals surface area contributed by atoms with Crippen LogP contribution in [0.4, 0.5) is 15.9 Å². The second-order valence-corrected chi connectivity index (χ2v) is 12.0. The molecule has 0 atom stereocenters. The molecule has 2 aromatic heterocycles. The summed E-state index contributed by atoms with van der Waals surface area (Å²) in [7, 11) is 0. The summed E-state index contributed by atoms with van der Waals surface area (Å²) in [4.78, 5) is 38.5. The maximum absolute atomic E-state index is 15.5. The second kappa shape index (κ2) is 13.1. The molecule has 1 aliphatic carbocycles. The van der Waals surface area contributed by atoms with Gasteiger partial charge >= 0.3 is 0 Å². The van der Waals surface area contributed by atoms with Gasteiger partial charge in [0.2, 0.25) is 0 Å². The number of nitrogens with zero attached hydrogens (tertiary/aromatic N) is 3. The van der Waals surface area contributed by atoms with Crippen LogP contribution in [0.3, 0.4) is 0 Å². The van der Waals surface area contributed by atoms with Crippen LogP contribution in [-0.4, -0.2) is 68.0 Å². The number of rotatable bonds is 8. The largest absolute Gasteiger partial charge is 0.381 e. The third-order valence-electron chi connectivity index (χ3n) is 9.41. The number of amides is 1. The van der Waals surface area contributed by atoms with E-state index >= 15 is 4.39 Å². The van der Waals surface area contributed by atoms with Crippen LogP contribution in [0.1, 0.15) is 64.5 Å². The number of morpholine rings is 1. The highest BCUT2D eigenvalue weighted by atomic mass is 19.1. The molecular weight excluding hydrogens is 561 g/mol. The van der Waals surface area contributed by atoms with Crippen molar-refractivity contribution in [2.24, 2.45) is 0 Å². The molecule has 1 aromatic carbocycles. The summed E-state index contributed by atoms with van der Waals surface area (Å²) in [5.74, 6) is -0.351. The van der Waals surface area contributed by atoms with Crippen LogP contribution in [0.25, 0.3) is 11.1 Å². The van der Waals surface area contributed by atoms with Crippen molar-refractivity contribution in [1.29, 1.82) is 0 Å². The van der Waals surface area contributed by atoms with Crippen LogP contribution in [0.2, 0.25) is 0 Å². The molecule has 3 aliphatic rings. The molecule has 0 spiro atoms. The van der Waals surface area contributed by atoms with Gasteiger partial charge in [0.25, 0.3) is 11.5 Å². The number of nitrogens with one attached hydrogen (secondary N) is 2. The van der Waals surface area contributed by atoms with E-state index in [1.165, 1.54) is 11.6 Å². The van der Waals surface area contributed by atoms with E-state index in [1.54, 1.807) is 6.20 Å². The minimum Gasteiger partial charge on any atom is -0.381 e. The number of H-pyrrole nitrogens is 1. The summed E-state index contributed by atoms with van der Waals surface area (Å²) in [6.45, 7) is 10.6. The lowest BCUT2D eigenvalue weighted by Crippen LogP contribution is -2.40. The van der Waals surface area contributed by atoms with Crippen LogP contribution in [-0.2, 0) is 28.9 Å². The molecule has 2 fully saturated rings. The first-order valence-electron chi connectivity index (χ1n) is 15.8. The van der Waals surface area contributed by atoms with E-state index in [0.717, 1.165) is 66.7 Å². The first kappa shape index (κ1) is 30.3. The normalized spacial score (nSPS) is 17.0. The third kappa shape index (κ3) is 5.97. The molecule has 9 nitrogen and oxygen atoms in total. The summed E-state index contributed by atoms with van der Waals surface area (Å²) in [5, 5.41) is 3.05. The van der Waals surface area contributed by atoms with E-state index in [-0.39, 0.29) is 24.1 Å². The molecule has 234 valence electrons. The van der Waals surface area contributed by atoms with Gasteiger partial charge in [-0.25, -0.2) is 9.37 Å². The molecule has 2 saturated heterocycles. The van der Waals surface area contributed by atoms with E-state index in [4.69, 9.17) is 9.47 Å². The average Bonchev–Trinajstić information content (AvgIpc) is 3.53. The smallest absolute Gasteiger partial charge is 0.253 e. The molecule has 10 heteroatoms. The Labute approximate surface area is 257 Å². The van der Waals surface area contributed by atoms with E-state index in [9.17, 15) is 9.59 Å². The van der Waals surface area contributed by atoms with Crippen molar-refractivity contribution in [3.05, 3.63) is 74.1 Å². The van der Waals surface area contributed by atoms with Crippen molar-refractivity contribution in [2.45, 2.75) is 65.5 Å². The minimum atomic E-state index is -0.401. The summed E-state index contributed by atoms with van der Waals surface area (Å²) in [6, 6.07) is 5.65. The van der Waals surface area contributed by atoms with Gasteiger partial charge in [-0.15, -0.1) is 0 Å². The monoisotopic (exact) mass is 603 g/mol. The van der Waals surface area contributed by atoms with Crippen molar-refractivity contribution >= 4 is 17.4 Å². The predicted octanol–water partition coefficient (Wildman–Crippen LogP) is 4.45. The number of fused-ring (bicyclic) bond motifs is 1. The highest BCUT2D eigenvalue weighted by Gasteiger charge is 2.26. The molecule has 6 rings (SSSR count). The van der Waals surface area contributed by atoms with Crippen LogP contribution < -0.4 is 20.7 Å². The van der Waals surface area contributed by atoms with Gasteiger partial charge in [0, 0.05) is 79.7 Å². The van der Waals surface area contributed by atoms with Gasteiger partial charge < -0.3 is 29.6 Å². The predicted molar refractivity (Wildman–Crippen MR) is 169 cm³/mol. The Morgan fingerprint density at radius 3 is 2.52 bits per heavy atom. The van der Waals surface area contributed by atoms with E-state index in [0.29, 0.717) is 62.0 Å². The number of ether oxygens (including phenoxy) is 2. The maximum Gasteiger partial charge on any atom is 0.253 e. The molecule has 1 amide bonds. The Morgan fingerprint density at radius 2 is 1.80 bits per heavy atom. The maximum atomic E-state index is 15.5. The molecule has 0 saturated carbocycles. The number of benzene rings is 1. The highest BCUT2D eigenvalue weighted by molar-refractivity contribution is 5.99. The zero-order valence-corrected chi connectivity index (χ0v) is 25.9. The van der Waals surface area contributed by atoms with Crippen molar-refractivity contribution < 1.29 is 18.7 Å². The zero-order valence-electron chi connectivity index (χ0n) is 25.9. The average molecular weight is 604 g/mol. The van der Waals surface area contributed by atoms with Crippen LogP contribution >= 0.6 is 0 Å². The Hall–Kier alpha value is -3.76.